The Morgan fingerprint density at radius 3 is 2.35 bits per heavy atom. The van der Waals surface area contributed by atoms with Gasteiger partial charge in [-0.3, -0.25) is 14.4 Å². The van der Waals surface area contributed by atoms with Crippen LogP contribution in [-0.2, 0) is 27.0 Å². The van der Waals surface area contributed by atoms with Gasteiger partial charge in [-0.25, -0.2) is 0 Å². The molecule has 0 fully saturated rings. The first-order valence-electron chi connectivity index (χ1n) is 10.2. The molecule has 1 unspecified atom stereocenters. The van der Waals surface area contributed by atoms with E-state index in [0.717, 1.165) is 0 Å². The highest BCUT2D eigenvalue weighted by Crippen LogP contribution is 2.29. The predicted molar refractivity (Wildman–Crippen MR) is 117 cm³/mol. The summed E-state index contributed by atoms with van der Waals surface area (Å²) in [6, 6.07) is 16.1. The lowest BCUT2D eigenvalue weighted by molar-refractivity contribution is -0.155. The Kier molecular flexibility index (Phi) is 7.72. The van der Waals surface area contributed by atoms with E-state index in [1.54, 1.807) is 61.5 Å². The minimum absolute atomic E-state index is 0.332. The van der Waals surface area contributed by atoms with Crippen molar-refractivity contribution in [3.63, 3.8) is 0 Å². The van der Waals surface area contributed by atoms with E-state index in [1.165, 1.54) is 0 Å². The molecular formula is C24H21F3N2O5. The van der Waals surface area contributed by atoms with Crippen molar-refractivity contribution in [2.75, 3.05) is 11.9 Å². The third-order valence-corrected chi connectivity index (χ3v) is 4.64. The second-order valence-electron chi connectivity index (χ2n) is 7.08. The van der Waals surface area contributed by atoms with E-state index in [0.29, 0.717) is 46.5 Å². The number of amides is 1. The number of halogens is 3. The number of rotatable bonds is 8. The van der Waals surface area contributed by atoms with Gasteiger partial charge in [0, 0.05) is 17.8 Å². The number of anilines is 1. The fraction of sp³-hybridized carbons (Fsp3) is 0.208. The molecule has 10 heteroatoms. The molecule has 3 aromatic rings. The van der Waals surface area contributed by atoms with E-state index in [-0.39, 0.29) is 0 Å². The Morgan fingerprint density at radius 2 is 1.68 bits per heavy atom. The Bertz CT molecular complexity index is 1210. The summed E-state index contributed by atoms with van der Waals surface area (Å²) in [5.41, 5.74) is -1.24. The molecule has 0 spiro atoms. The van der Waals surface area contributed by atoms with Gasteiger partial charge in [0.2, 0.25) is 6.10 Å². The topological polar surface area (TPSA) is 86.6 Å². The van der Waals surface area contributed by atoms with Crippen LogP contribution in [0.4, 0.5) is 18.9 Å². The van der Waals surface area contributed by atoms with Crippen LogP contribution in [0.25, 0.3) is 0 Å². The van der Waals surface area contributed by atoms with Crippen LogP contribution in [0.15, 0.2) is 77.7 Å². The second kappa shape index (κ2) is 10.7. The third kappa shape index (κ3) is 6.25. The fourth-order valence-corrected chi connectivity index (χ4v) is 3.08. The van der Waals surface area contributed by atoms with E-state index >= 15 is 0 Å². The van der Waals surface area contributed by atoms with Gasteiger partial charge in [0.15, 0.2) is 0 Å². The molecule has 1 N–H and O–H groups in total. The number of nitrogens with one attached hydrogen (secondary N) is 1. The lowest BCUT2D eigenvalue weighted by Gasteiger charge is -2.19. The van der Waals surface area contributed by atoms with Gasteiger partial charge in [-0.05, 0) is 25.1 Å². The molecule has 34 heavy (non-hydrogen) atoms. The number of ether oxygens (including phenoxy) is 2. The molecule has 1 aromatic heterocycles. The lowest BCUT2D eigenvalue weighted by atomic mass is 10.1. The molecule has 0 radical (unpaired) electrons. The minimum Gasteiger partial charge on any atom is -0.492 e. The Hall–Kier alpha value is -4.08. The number of aromatic nitrogens is 1. The minimum atomic E-state index is -4.69. The monoisotopic (exact) mass is 474 g/mol. The quantitative estimate of drug-likeness (QED) is 0.495. The largest absolute Gasteiger partial charge is 0.492 e. The molecule has 2 aromatic carbocycles. The van der Waals surface area contributed by atoms with E-state index in [9.17, 15) is 27.6 Å². The van der Waals surface area contributed by atoms with Crippen molar-refractivity contribution in [2.45, 2.75) is 25.7 Å². The van der Waals surface area contributed by atoms with Crippen molar-refractivity contribution in [1.82, 2.24) is 4.57 Å². The summed E-state index contributed by atoms with van der Waals surface area (Å²) in [7, 11) is 0. The summed E-state index contributed by atoms with van der Waals surface area (Å²) in [4.78, 5) is 37.6. The molecule has 0 saturated carbocycles. The lowest BCUT2D eigenvalue weighted by Crippen LogP contribution is -2.30. The van der Waals surface area contributed by atoms with Crippen LogP contribution < -0.4 is 15.6 Å². The fourth-order valence-electron chi connectivity index (χ4n) is 3.08. The van der Waals surface area contributed by atoms with Crippen molar-refractivity contribution >= 4 is 17.6 Å². The Labute approximate surface area is 192 Å². The predicted octanol–water partition coefficient (Wildman–Crippen LogP) is 4.19. The van der Waals surface area contributed by atoms with Crippen molar-refractivity contribution < 1.29 is 32.2 Å². The van der Waals surface area contributed by atoms with Crippen molar-refractivity contribution in [2.24, 2.45) is 0 Å². The summed E-state index contributed by atoms with van der Waals surface area (Å²) in [6.45, 7) is 1.33. The second-order valence-corrected chi connectivity index (χ2v) is 7.08. The highest BCUT2D eigenvalue weighted by atomic mass is 19.4. The first kappa shape index (κ1) is 24.6. The summed E-state index contributed by atoms with van der Waals surface area (Å²) in [5.74, 6) is -1.36. The number of esters is 1. The van der Waals surface area contributed by atoms with Gasteiger partial charge in [-0.15, -0.1) is 0 Å². The van der Waals surface area contributed by atoms with Crippen LogP contribution in [-0.4, -0.2) is 23.1 Å². The van der Waals surface area contributed by atoms with E-state index in [2.05, 4.69) is 5.32 Å². The van der Waals surface area contributed by atoms with Gasteiger partial charge in [-0.1, -0.05) is 42.5 Å². The molecule has 3 rings (SSSR count). The maximum Gasteiger partial charge on any atom is 0.417 e. The van der Waals surface area contributed by atoms with Crippen LogP contribution in [0.3, 0.4) is 0 Å². The molecule has 0 aliphatic heterocycles. The smallest absolute Gasteiger partial charge is 0.417 e. The SMILES string of the molecule is CCOc1ccccc1NC(=O)C(OC(=O)Cn1cc(C(F)(F)F)ccc1=O)c1ccccc1. The number of nitrogens with zero attached hydrogens (tertiary/aromatic N) is 1. The number of hydrogen-bond acceptors (Lipinski definition) is 5. The van der Waals surface area contributed by atoms with Crippen LogP contribution in [0.1, 0.15) is 24.2 Å². The maximum absolute atomic E-state index is 13.0. The zero-order valence-electron chi connectivity index (χ0n) is 18.0. The normalized spacial score (nSPS) is 12.0. The molecular weight excluding hydrogens is 453 g/mol. The molecule has 178 valence electrons. The molecule has 0 saturated heterocycles. The molecule has 1 atom stereocenters. The molecule has 0 bridgehead atoms. The van der Waals surface area contributed by atoms with Crippen molar-refractivity contribution in [3.05, 3.63) is 94.4 Å². The Morgan fingerprint density at radius 1 is 1.00 bits per heavy atom. The number of carbonyl (C=O) groups is 2. The van der Waals surface area contributed by atoms with Gasteiger partial charge < -0.3 is 19.4 Å². The van der Waals surface area contributed by atoms with Crippen molar-refractivity contribution in [1.29, 1.82) is 0 Å². The molecule has 7 nitrogen and oxygen atoms in total. The molecule has 1 amide bonds. The van der Waals surface area contributed by atoms with E-state index < -0.39 is 41.8 Å². The van der Waals surface area contributed by atoms with E-state index in [4.69, 9.17) is 9.47 Å². The number of para-hydroxylation sites is 2. The zero-order valence-corrected chi connectivity index (χ0v) is 18.0. The summed E-state index contributed by atoms with van der Waals surface area (Å²) in [6.07, 6.45) is -5.59. The average molecular weight is 474 g/mol. The molecule has 1 heterocycles. The average Bonchev–Trinajstić information content (AvgIpc) is 2.80. The van der Waals surface area contributed by atoms with Crippen LogP contribution in [0.5, 0.6) is 5.75 Å². The van der Waals surface area contributed by atoms with Gasteiger partial charge in [0.05, 0.1) is 17.9 Å². The standard InChI is InChI=1S/C24H21F3N2O5/c1-2-33-19-11-7-6-10-18(19)28-23(32)22(16-8-4-3-5-9-16)34-21(31)15-29-14-17(24(25,26)27)12-13-20(29)30/h3-14,22H,2,15H2,1H3,(H,28,32). The summed E-state index contributed by atoms with van der Waals surface area (Å²) in [5, 5.41) is 2.65. The summed E-state index contributed by atoms with van der Waals surface area (Å²) < 4.78 is 50.3. The zero-order chi connectivity index (χ0) is 24.7. The first-order valence-corrected chi connectivity index (χ1v) is 10.2. The van der Waals surface area contributed by atoms with Gasteiger partial charge in [0.25, 0.3) is 11.5 Å². The highest BCUT2D eigenvalue weighted by Gasteiger charge is 2.31. The van der Waals surface area contributed by atoms with E-state index in [1.807, 2.05) is 0 Å². The maximum atomic E-state index is 13.0. The van der Waals surface area contributed by atoms with Crippen LogP contribution in [0.2, 0.25) is 0 Å². The first-order chi connectivity index (χ1) is 16.2. The number of hydrogen-bond donors (Lipinski definition) is 1. The molecule has 0 aliphatic rings. The summed E-state index contributed by atoms with van der Waals surface area (Å²) >= 11 is 0. The number of alkyl halides is 3. The highest BCUT2D eigenvalue weighted by molar-refractivity contribution is 5.97. The number of benzene rings is 2. The van der Waals surface area contributed by atoms with Gasteiger partial charge >= 0.3 is 12.1 Å². The van der Waals surface area contributed by atoms with Gasteiger partial charge in [0.1, 0.15) is 12.3 Å². The van der Waals surface area contributed by atoms with Gasteiger partial charge in [-0.2, -0.15) is 13.2 Å². The third-order valence-electron chi connectivity index (χ3n) is 4.64. The number of carbonyl (C=O) groups excluding carboxylic acids is 2. The number of pyridine rings is 1. The van der Waals surface area contributed by atoms with Crippen LogP contribution >= 0.6 is 0 Å². The Balaban J connectivity index is 1.83. The van der Waals surface area contributed by atoms with Crippen LogP contribution in [0, 0.1) is 0 Å². The molecule has 0 aliphatic carbocycles. The van der Waals surface area contributed by atoms with Crippen molar-refractivity contribution in [3.8, 4) is 5.75 Å².